The summed E-state index contributed by atoms with van der Waals surface area (Å²) in [6, 6.07) is 0. The number of hydrogen-bond donors (Lipinski definition) is 2. The lowest BCUT2D eigenvalue weighted by Crippen LogP contribution is -2.59. The molecular weight excluding hydrogens is 434 g/mol. The maximum atomic E-state index is 11.1. The fraction of sp³-hybridized carbons (Fsp3) is 0.815. The monoisotopic (exact) mass is 483 g/mol. The fourth-order valence-electron chi connectivity index (χ4n) is 4.49. The molecule has 0 aromatic heterocycles. The highest BCUT2D eigenvalue weighted by molar-refractivity contribution is 5.72. The number of nitrogens with zero attached hydrogens (tertiary/aromatic N) is 1. The summed E-state index contributed by atoms with van der Waals surface area (Å²) in [7, 11) is 0. The van der Waals surface area contributed by atoms with Crippen molar-refractivity contribution in [3.63, 3.8) is 0 Å². The van der Waals surface area contributed by atoms with E-state index in [0.717, 1.165) is 12.8 Å². The van der Waals surface area contributed by atoms with E-state index in [4.69, 9.17) is 10.2 Å². The third-order valence-electron chi connectivity index (χ3n) is 6.30. The third kappa shape index (κ3) is 20.7. The summed E-state index contributed by atoms with van der Waals surface area (Å²) in [6.07, 6.45) is 25.1. The molecule has 2 N–H and O–H groups in total. The Balaban J connectivity index is 3.80. The van der Waals surface area contributed by atoms with E-state index >= 15 is 0 Å². The summed E-state index contributed by atoms with van der Waals surface area (Å²) in [4.78, 5) is 33.3. The van der Waals surface area contributed by atoms with Crippen molar-refractivity contribution in [2.45, 2.75) is 116 Å². The number of hydrogen-bond acceptors (Lipinski definition) is 4. The van der Waals surface area contributed by atoms with Gasteiger partial charge in [0.1, 0.15) is 6.54 Å². The Hall–Kier alpha value is -1.89. The van der Waals surface area contributed by atoms with E-state index in [9.17, 15) is 19.5 Å². The van der Waals surface area contributed by atoms with Gasteiger partial charge in [-0.1, -0.05) is 103 Å². The molecule has 0 aliphatic heterocycles. The van der Waals surface area contributed by atoms with Gasteiger partial charge in [-0.3, -0.25) is 0 Å². The number of unbranched alkanes of at least 4 members (excludes halogenated alkanes) is 15. The van der Waals surface area contributed by atoms with Gasteiger partial charge >= 0.3 is 11.9 Å². The van der Waals surface area contributed by atoms with Crippen molar-refractivity contribution in [3.8, 4) is 0 Å². The van der Waals surface area contributed by atoms with Gasteiger partial charge in [-0.25, -0.2) is 9.59 Å². The van der Waals surface area contributed by atoms with Crippen LogP contribution in [0, 0.1) is 0 Å². The summed E-state index contributed by atoms with van der Waals surface area (Å²) in [5.74, 6) is -3.86. The quantitative estimate of drug-likeness (QED) is 0.108. The normalized spacial score (nSPS) is 11.8. The van der Waals surface area contributed by atoms with Crippen molar-refractivity contribution >= 4 is 17.9 Å². The maximum Gasteiger partial charge on any atom is 0.359 e. The lowest BCUT2D eigenvalue weighted by atomic mass is 10.0. The molecule has 0 spiro atoms. The minimum atomic E-state index is -1.43. The first kappa shape index (κ1) is 32.1. The summed E-state index contributed by atoms with van der Waals surface area (Å²) in [5.41, 5.74) is 0. The van der Waals surface area contributed by atoms with Crippen molar-refractivity contribution in [2.24, 2.45) is 0 Å². The summed E-state index contributed by atoms with van der Waals surface area (Å²) in [6.45, 7) is 0.746. The molecule has 0 saturated heterocycles. The second-order valence-corrected chi connectivity index (χ2v) is 9.70. The van der Waals surface area contributed by atoms with E-state index < -0.39 is 42.0 Å². The Bertz CT molecular complexity index is 535. The van der Waals surface area contributed by atoms with E-state index in [-0.39, 0.29) is 6.54 Å². The van der Waals surface area contributed by atoms with Crippen molar-refractivity contribution in [3.05, 3.63) is 12.2 Å². The number of aliphatic carboxylic acids is 3. The molecule has 0 heterocycles. The molecule has 0 rings (SSSR count). The topological polar surface area (TPSA) is 115 Å². The molecule has 0 amide bonds. The molecule has 0 aliphatic rings. The van der Waals surface area contributed by atoms with E-state index in [1.165, 1.54) is 83.5 Å². The molecule has 0 fully saturated rings. The van der Waals surface area contributed by atoms with Crippen LogP contribution < -0.4 is 5.11 Å². The molecular formula is C27H49NO6. The number of carboxylic acids is 3. The van der Waals surface area contributed by atoms with E-state index in [1.54, 1.807) is 0 Å². The minimum absolute atomic E-state index is 0.176. The zero-order chi connectivity index (χ0) is 25.5. The number of quaternary nitrogens is 1. The van der Waals surface area contributed by atoms with Crippen molar-refractivity contribution in [1.82, 2.24) is 0 Å². The number of carboxylic acid groups (broad SMARTS) is 3. The zero-order valence-electron chi connectivity index (χ0n) is 21.5. The van der Waals surface area contributed by atoms with Crippen LogP contribution in [-0.2, 0) is 14.4 Å². The molecule has 0 saturated carbocycles. The summed E-state index contributed by atoms with van der Waals surface area (Å²) in [5, 5.41) is 29.2. The van der Waals surface area contributed by atoms with Crippen LogP contribution in [0.4, 0.5) is 0 Å². The number of rotatable bonds is 25. The van der Waals surface area contributed by atoms with Crippen molar-refractivity contribution < 1.29 is 34.2 Å². The number of carbonyl (C=O) groups is 3. The van der Waals surface area contributed by atoms with Gasteiger partial charge < -0.3 is 24.6 Å². The average Bonchev–Trinajstić information content (AvgIpc) is 2.73. The number of allylic oxidation sites excluding steroid dienone is 2. The first-order valence-electron chi connectivity index (χ1n) is 13.4. The highest BCUT2D eigenvalue weighted by atomic mass is 16.4. The molecule has 34 heavy (non-hydrogen) atoms. The molecule has 7 heteroatoms. The highest BCUT2D eigenvalue weighted by Gasteiger charge is 2.33. The lowest BCUT2D eigenvalue weighted by molar-refractivity contribution is -0.909. The van der Waals surface area contributed by atoms with Crippen LogP contribution in [0.1, 0.15) is 116 Å². The van der Waals surface area contributed by atoms with Gasteiger partial charge in [0.25, 0.3) is 0 Å². The molecule has 0 unspecified atom stereocenters. The van der Waals surface area contributed by atoms with E-state index in [1.807, 2.05) is 6.08 Å². The highest BCUT2D eigenvalue weighted by Crippen LogP contribution is 2.14. The Morgan fingerprint density at radius 3 is 1.38 bits per heavy atom. The average molecular weight is 484 g/mol. The van der Waals surface area contributed by atoms with Gasteiger partial charge in [-0.2, -0.15) is 0 Å². The first-order valence-corrected chi connectivity index (χ1v) is 13.4. The zero-order valence-corrected chi connectivity index (χ0v) is 21.5. The second kappa shape index (κ2) is 21.6. The molecule has 0 bridgehead atoms. The Labute approximate surface area is 206 Å². The summed E-state index contributed by atoms with van der Waals surface area (Å²) >= 11 is 0. The van der Waals surface area contributed by atoms with Crippen LogP contribution in [0.5, 0.6) is 0 Å². The van der Waals surface area contributed by atoms with Crippen LogP contribution in [0.15, 0.2) is 12.2 Å². The molecule has 7 nitrogen and oxygen atoms in total. The van der Waals surface area contributed by atoms with Gasteiger partial charge in [0, 0.05) is 6.42 Å². The molecule has 0 aromatic carbocycles. The minimum Gasteiger partial charge on any atom is -0.544 e. The molecule has 198 valence electrons. The molecule has 0 aromatic rings. The van der Waals surface area contributed by atoms with Crippen LogP contribution in [0.2, 0.25) is 0 Å². The van der Waals surface area contributed by atoms with Gasteiger partial charge in [0.05, 0.1) is 12.5 Å². The standard InChI is InChI=1S/C27H49NO6/c1-2-3-4-5-6-7-8-9-10-11-12-13-14-15-16-17-18-19-20-21-28(22-25(29)30,23-26(31)32)24-27(33)34/h17-18H,2-16,19-24H2,1H3,(H2-,29,30,31,32,33,34)/b18-17+. The third-order valence-corrected chi connectivity index (χ3v) is 6.30. The largest absolute Gasteiger partial charge is 0.544 e. The SMILES string of the molecule is CCCCCCCCCCCCCCCC/C=C/CCC[N+](CC(=O)[O-])(CC(=O)O)CC(=O)O. The van der Waals surface area contributed by atoms with Gasteiger partial charge in [-0.05, 0) is 19.3 Å². The van der Waals surface area contributed by atoms with Gasteiger partial charge in [0.2, 0.25) is 0 Å². The molecule has 0 radical (unpaired) electrons. The predicted octanol–water partition coefficient (Wildman–Crippen LogP) is 4.93. The predicted molar refractivity (Wildman–Crippen MR) is 133 cm³/mol. The van der Waals surface area contributed by atoms with Crippen molar-refractivity contribution in [1.29, 1.82) is 0 Å². The first-order chi connectivity index (χ1) is 16.3. The smallest absolute Gasteiger partial charge is 0.359 e. The van der Waals surface area contributed by atoms with E-state index in [2.05, 4.69) is 13.0 Å². The fourth-order valence-corrected chi connectivity index (χ4v) is 4.49. The molecule has 0 atom stereocenters. The van der Waals surface area contributed by atoms with Crippen LogP contribution in [-0.4, -0.2) is 58.8 Å². The Morgan fingerprint density at radius 1 is 0.618 bits per heavy atom. The Morgan fingerprint density at radius 2 is 1.00 bits per heavy atom. The van der Waals surface area contributed by atoms with Crippen LogP contribution >= 0.6 is 0 Å². The number of carbonyl (C=O) groups excluding carboxylic acids is 1. The summed E-state index contributed by atoms with van der Waals surface area (Å²) < 4.78 is -0.528. The van der Waals surface area contributed by atoms with Crippen molar-refractivity contribution in [2.75, 3.05) is 26.2 Å². The van der Waals surface area contributed by atoms with Crippen LogP contribution in [0.25, 0.3) is 0 Å². The Kier molecular flexibility index (Phi) is 20.4. The molecule has 0 aliphatic carbocycles. The second-order valence-electron chi connectivity index (χ2n) is 9.70. The maximum absolute atomic E-state index is 11.1. The van der Waals surface area contributed by atoms with Gasteiger partial charge in [0.15, 0.2) is 13.1 Å². The van der Waals surface area contributed by atoms with Gasteiger partial charge in [-0.15, -0.1) is 0 Å². The lowest BCUT2D eigenvalue weighted by Gasteiger charge is -2.36. The van der Waals surface area contributed by atoms with Crippen LogP contribution in [0.3, 0.4) is 0 Å². The van der Waals surface area contributed by atoms with E-state index in [0.29, 0.717) is 12.8 Å².